The molecule has 0 aliphatic rings. The number of carbonyl (C=O) groups excluding carboxylic acids is 1. The maximum atomic E-state index is 11.3. The lowest BCUT2D eigenvalue weighted by Crippen LogP contribution is -1.88. The average molecular weight is 288 g/mol. The topological polar surface area (TPSA) is 26.3 Å². The minimum absolute atomic E-state index is 0.692. The van der Waals surface area contributed by atoms with E-state index in [4.69, 9.17) is 4.74 Å². The SMILES string of the molecule is COc1cccc(C=Cc2c(C=O)ccc3ccccc23)c1. The van der Waals surface area contributed by atoms with Crippen LogP contribution in [-0.2, 0) is 0 Å². The molecule has 0 amide bonds. The summed E-state index contributed by atoms with van der Waals surface area (Å²) in [4.78, 5) is 11.3. The van der Waals surface area contributed by atoms with E-state index in [1.165, 1.54) is 0 Å². The molecule has 3 aromatic rings. The maximum absolute atomic E-state index is 11.3. The zero-order valence-corrected chi connectivity index (χ0v) is 12.3. The van der Waals surface area contributed by atoms with Crippen molar-refractivity contribution in [1.29, 1.82) is 0 Å². The van der Waals surface area contributed by atoms with E-state index in [1.54, 1.807) is 7.11 Å². The predicted molar refractivity (Wildman–Crippen MR) is 91.3 cm³/mol. The molecule has 0 spiro atoms. The number of benzene rings is 3. The standard InChI is InChI=1S/C20H16O2/c1-22-18-7-4-5-15(13-18)9-12-20-17(14-21)11-10-16-6-2-3-8-19(16)20/h2-14H,1H3. The second kappa shape index (κ2) is 6.27. The average Bonchev–Trinajstić information content (AvgIpc) is 2.59. The molecule has 0 radical (unpaired) electrons. The third-order valence-corrected chi connectivity index (χ3v) is 3.67. The van der Waals surface area contributed by atoms with Crippen LogP contribution in [-0.4, -0.2) is 13.4 Å². The van der Waals surface area contributed by atoms with E-state index in [9.17, 15) is 4.79 Å². The summed E-state index contributed by atoms with van der Waals surface area (Å²) in [5, 5.41) is 2.20. The lowest BCUT2D eigenvalue weighted by molar-refractivity contribution is 0.112. The predicted octanol–water partition coefficient (Wildman–Crippen LogP) is 4.83. The molecular weight excluding hydrogens is 272 g/mol. The van der Waals surface area contributed by atoms with Crippen molar-refractivity contribution in [3.05, 3.63) is 77.4 Å². The number of ether oxygens (including phenoxy) is 1. The molecule has 0 fully saturated rings. The van der Waals surface area contributed by atoms with Gasteiger partial charge in [-0.15, -0.1) is 0 Å². The lowest BCUT2D eigenvalue weighted by atomic mass is 9.98. The monoisotopic (exact) mass is 288 g/mol. The second-order valence-electron chi connectivity index (χ2n) is 5.02. The minimum Gasteiger partial charge on any atom is -0.497 e. The van der Waals surface area contributed by atoms with E-state index in [-0.39, 0.29) is 0 Å². The fraction of sp³-hybridized carbons (Fsp3) is 0.0500. The van der Waals surface area contributed by atoms with E-state index in [1.807, 2.05) is 72.8 Å². The molecule has 2 nitrogen and oxygen atoms in total. The van der Waals surface area contributed by atoms with Crippen molar-refractivity contribution in [3.8, 4) is 5.75 Å². The molecule has 3 rings (SSSR count). The molecule has 0 N–H and O–H groups in total. The fourth-order valence-corrected chi connectivity index (χ4v) is 2.53. The molecular formula is C20H16O2. The Kier molecular flexibility index (Phi) is 4.01. The second-order valence-corrected chi connectivity index (χ2v) is 5.02. The van der Waals surface area contributed by atoms with Crippen LogP contribution in [0.25, 0.3) is 22.9 Å². The first-order chi connectivity index (χ1) is 10.8. The number of methoxy groups -OCH3 is 1. The Hall–Kier alpha value is -2.87. The summed E-state index contributed by atoms with van der Waals surface area (Å²) < 4.78 is 5.23. The van der Waals surface area contributed by atoms with E-state index in [2.05, 4.69) is 0 Å². The van der Waals surface area contributed by atoms with Crippen LogP contribution in [0.5, 0.6) is 5.75 Å². The van der Waals surface area contributed by atoms with Crippen molar-refractivity contribution in [1.82, 2.24) is 0 Å². The molecule has 22 heavy (non-hydrogen) atoms. The Morgan fingerprint density at radius 1 is 0.909 bits per heavy atom. The third-order valence-electron chi connectivity index (χ3n) is 3.67. The summed E-state index contributed by atoms with van der Waals surface area (Å²) in [5.41, 5.74) is 2.66. The van der Waals surface area contributed by atoms with Crippen molar-refractivity contribution in [3.63, 3.8) is 0 Å². The Morgan fingerprint density at radius 2 is 1.77 bits per heavy atom. The molecule has 0 saturated heterocycles. The van der Waals surface area contributed by atoms with Gasteiger partial charge in [-0.2, -0.15) is 0 Å². The highest BCUT2D eigenvalue weighted by atomic mass is 16.5. The summed E-state index contributed by atoms with van der Waals surface area (Å²) in [6, 6.07) is 19.7. The first-order valence-electron chi connectivity index (χ1n) is 7.11. The van der Waals surface area contributed by atoms with Gasteiger partial charge >= 0.3 is 0 Å². The number of carbonyl (C=O) groups is 1. The summed E-state index contributed by atoms with van der Waals surface area (Å²) in [7, 11) is 1.65. The van der Waals surface area contributed by atoms with Crippen LogP contribution in [0.1, 0.15) is 21.5 Å². The number of hydrogen-bond acceptors (Lipinski definition) is 2. The quantitative estimate of drug-likeness (QED) is 0.507. The van der Waals surface area contributed by atoms with Crippen molar-refractivity contribution in [2.75, 3.05) is 7.11 Å². The highest BCUT2D eigenvalue weighted by Crippen LogP contribution is 2.24. The van der Waals surface area contributed by atoms with E-state index >= 15 is 0 Å². The molecule has 0 bridgehead atoms. The Balaban J connectivity index is 2.08. The first-order valence-corrected chi connectivity index (χ1v) is 7.11. The van der Waals surface area contributed by atoms with Gasteiger partial charge in [0.25, 0.3) is 0 Å². The van der Waals surface area contributed by atoms with Crippen molar-refractivity contribution in [2.45, 2.75) is 0 Å². The molecule has 3 aromatic carbocycles. The van der Waals surface area contributed by atoms with Crippen LogP contribution in [0, 0.1) is 0 Å². The van der Waals surface area contributed by atoms with Crippen LogP contribution < -0.4 is 4.74 Å². The summed E-state index contributed by atoms with van der Waals surface area (Å²) in [5.74, 6) is 0.815. The van der Waals surface area contributed by atoms with Crippen molar-refractivity contribution in [2.24, 2.45) is 0 Å². The van der Waals surface area contributed by atoms with Crippen LogP contribution in [0.4, 0.5) is 0 Å². The molecule has 0 aliphatic heterocycles. The van der Waals surface area contributed by atoms with Gasteiger partial charge in [0, 0.05) is 5.56 Å². The molecule has 0 aromatic heterocycles. The molecule has 0 aliphatic carbocycles. The molecule has 0 saturated carbocycles. The van der Waals surface area contributed by atoms with Gasteiger partial charge in [0.2, 0.25) is 0 Å². The fourth-order valence-electron chi connectivity index (χ4n) is 2.53. The Morgan fingerprint density at radius 3 is 2.59 bits per heavy atom. The Bertz CT molecular complexity index is 847. The zero-order chi connectivity index (χ0) is 15.4. The normalized spacial score (nSPS) is 11.0. The largest absolute Gasteiger partial charge is 0.497 e. The van der Waals surface area contributed by atoms with Crippen molar-refractivity contribution >= 4 is 29.2 Å². The molecule has 108 valence electrons. The number of hydrogen-bond donors (Lipinski definition) is 0. The zero-order valence-electron chi connectivity index (χ0n) is 12.3. The number of aldehydes is 1. The van der Waals surface area contributed by atoms with E-state index in [0.29, 0.717) is 5.56 Å². The third kappa shape index (κ3) is 2.77. The molecule has 2 heteroatoms. The summed E-state index contributed by atoms with van der Waals surface area (Å²) >= 11 is 0. The highest BCUT2D eigenvalue weighted by Gasteiger charge is 2.04. The molecule has 0 atom stereocenters. The van der Waals surface area contributed by atoms with Gasteiger partial charge in [-0.05, 0) is 34.0 Å². The van der Waals surface area contributed by atoms with Gasteiger partial charge in [0.1, 0.15) is 5.75 Å². The van der Waals surface area contributed by atoms with E-state index < -0.39 is 0 Å². The van der Waals surface area contributed by atoms with Gasteiger partial charge in [-0.3, -0.25) is 4.79 Å². The lowest BCUT2D eigenvalue weighted by Gasteiger charge is -2.06. The van der Waals surface area contributed by atoms with Gasteiger partial charge in [-0.1, -0.05) is 60.7 Å². The van der Waals surface area contributed by atoms with Gasteiger partial charge in [-0.25, -0.2) is 0 Å². The smallest absolute Gasteiger partial charge is 0.150 e. The van der Waals surface area contributed by atoms with Crippen LogP contribution >= 0.6 is 0 Å². The van der Waals surface area contributed by atoms with Crippen LogP contribution in [0.15, 0.2) is 60.7 Å². The summed E-state index contributed by atoms with van der Waals surface area (Å²) in [6.45, 7) is 0. The van der Waals surface area contributed by atoms with Gasteiger partial charge < -0.3 is 4.74 Å². The van der Waals surface area contributed by atoms with Crippen LogP contribution in [0.2, 0.25) is 0 Å². The summed E-state index contributed by atoms with van der Waals surface area (Å²) in [6.07, 6.45) is 4.88. The number of rotatable bonds is 4. The van der Waals surface area contributed by atoms with Gasteiger partial charge in [0.05, 0.1) is 7.11 Å². The first kappa shape index (κ1) is 14.1. The van der Waals surface area contributed by atoms with Crippen molar-refractivity contribution < 1.29 is 9.53 Å². The maximum Gasteiger partial charge on any atom is 0.150 e. The van der Waals surface area contributed by atoms with E-state index in [0.717, 1.165) is 33.9 Å². The molecule has 0 unspecified atom stereocenters. The molecule has 0 heterocycles. The minimum atomic E-state index is 0.692. The Labute approximate surface area is 129 Å². The van der Waals surface area contributed by atoms with Crippen LogP contribution in [0.3, 0.4) is 0 Å². The van der Waals surface area contributed by atoms with Gasteiger partial charge in [0.15, 0.2) is 6.29 Å². The highest BCUT2D eigenvalue weighted by molar-refractivity contribution is 5.99. The number of fused-ring (bicyclic) bond motifs is 1.